The lowest BCUT2D eigenvalue weighted by molar-refractivity contribution is -0.136. The molecule has 0 saturated carbocycles. The van der Waals surface area contributed by atoms with Crippen LogP contribution >= 0.6 is 0 Å². The van der Waals surface area contributed by atoms with Crippen LogP contribution in [0.3, 0.4) is 0 Å². The fourth-order valence-corrected chi connectivity index (χ4v) is 3.91. The van der Waals surface area contributed by atoms with Crippen LogP contribution in [0.15, 0.2) is 79.4 Å². The highest BCUT2D eigenvalue weighted by molar-refractivity contribution is 6.10. The van der Waals surface area contributed by atoms with E-state index in [4.69, 9.17) is 5.11 Å². The zero-order valence-corrected chi connectivity index (χ0v) is 16.1. The van der Waals surface area contributed by atoms with Crippen LogP contribution < -0.4 is 0 Å². The summed E-state index contributed by atoms with van der Waals surface area (Å²) in [5.41, 5.74) is 4.96. The molecule has 0 atom stereocenters. The van der Waals surface area contributed by atoms with Crippen LogP contribution in [0, 0.1) is 0 Å². The third kappa shape index (κ3) is 3.08. The minimum absolute atomic E-state index is 0.0930. The van der Waals surface area contributed by atoms with Crippen molar-refractivity contribution in [1.82, 2.24) is 14.1 Å². The number of rotatable bonds is 5. The van der Waals surface area contributed by atoms with Crippen LogP contribution in [0.4, 0.5) is 0 Å². The highest BCUT2D eigenvalue weighted by Crippen LogP contribution is 2.34. The molecule has 0 fully saturated rings. The lowest BCUT2D eigenvalue weighted by atomic mass is 10.1. The van der Waals surface area contributed by atoms with E-state index in [1.807, 2.05) is 35.0 Å². The Labute approximate surface area is 172 Å². The summed E-state index contributed by atoms with van der Waals surface area (Å²) in [6, 6.07) is 19.5. The van der Waals surface area contributed by atoms with Gasteiger partial charge in [0.25, 0.3) is 0 Å². The van der Waals surface area contributed by atoms with Gasteiger partial charge in [-0.25, -0.2) is 4.98 Å². The number of aliphatic carboxylic acids is 1. The van der Waals surface area contributed by atoms with Crippen molar-refractivity contribution in [1.29, 1.82) is 0 Å². The van der Waals surface area contributed by atoms with Gasteiger partial charge in [-0.15, -0.1) is 0 Å². The Hall–Kier alpha value is -4.06. The molecule has 5 rings (SSSR count). The number of phenolic OH excluding ortho intramolecular Hbond substituents is 1. The predicted octanol–water partition coefficient (Wildman–Crippen LogP) is 4.69. The molecule has 2 N–H and O–H groups in total. The van der Waals surface area contributed by atoms with Crippen molar-refractivity contribution in [2.45, 2.75) is 12.8 Å². The van der Waals surface area contributed by atoms with Gasteiger partial charge in [-0.3, -0.25) is 4.79 Å². The summed E-state index contributed by atoms with van der Waals surface area (Å²) in [5, 5.41) is 20.9. The third-order valence-electron chi connectivity index (χ3n) is 5.35. The first kappa shape index (κ1) is 18.0. The number of carboxylic acid groups (broad SMARTS) is 1. The second-order valence-corrected chi connectivity index (χ2v) is 7.27. The van der Waals surface area contributed by atoms with Gasteiger partial charge in [-0.2, -0.15) is 0 Å². The van der Waals surface area contributed by atoms with Gasteiger partial charge in [0.05, 0.1) is 17.4 Å². The maximum atomic E-state index is 11.0. The summed E-state index contributed by atoms with van der Waals surface area (Å²) in [6.45, 7) is 0. The van der Waals surface area contributed by atoms with E-state index in [1.54, 1.807) is 24.7 Å². The Morgan fingerprint density at radius 2 is 1.70 bits per heavy atom. The lowest BCUT2D eigenvalue weighted by Gasteiger charge is -2.09. The van der Waals surface area contributed by atoms with Crippen LogP contribution in [0.1, 0.15) is 12.0 Å². The van der Waals surface area contributed by atoms with Gasteiger partial charge < -0.3 is 19.3 Å². The SMILES string of the molecule is O=C(O)CCc1ccc2c3cc(-n4ccnc4)ccc3n(-c3ccc(O)cc3)c2c1. The van der Waals surface area contributed by atoms with Crippen molar-refractivity contribution >= 4 is 27.8 Å². The molecule has 2 heterocycles. The molecule has 0 radical (unpaired) electrons. The standard InChI is InChI=1S/C24H19N3O3/c28-19-6-3-17(4-7-19)27-22-9-5-18(26-12-11-25-15-26)14-21(22)20-8-1-16(13-23(20)27)2-10-24(29)30/h1,3-9,11-15,28H,2,10H2,(H,29,30). The summed E-state index contributed by atoms with van der Waals surface area (Å²) >= 11 is 0. The molecule has 6 nitrogen and oxygen atoms in total. The largest absolute Gasteiger partial charge is 0.508 e. The first-order chi connectivity index (χ1) is 14.6. The van der Waals surface area contributed by atoms with E-state index in [9.17, 15) is 9.90 Å². The number of aromatic nitrogens is 3. The Kier molecular flexibility index (Phi) is 4.25. The maximum absolute atomic E-state index is 11.0. The normalized spacial score (nSPS) is 11.3. The Bertz CT molecular complexity index is 1370. The molecule has 0 saturated heterocycles. The van der Waals surface area contributed by atoms with Gasteiger partial charge in [0, 0.05) is 41.0 Å². The van der Waals surface area contributed by atoms with Gasteiger partial charge in [-0.1, -0.05) is 12.1 Å². The molecule has 2 aromatic heterocycles. The van der Waals surface area contributed by atoms with Crippen molar-refractivity contribution in [2.24, 2.45) is 0 Å². The molecule has 6 heteroatoms. The van der Waals surface area contributed by atoms with Crippen LogP contribution in [0.25, 0.3) is 33.2 Å². The second kappa shape index (κ2) is 7.08. The number of aryl methyl sites for hydroxylation is 1. The first-order valence-electron chi connectivity index (χ1n) is 9.67. The fraction of sp³-hybridized carbons (Fsp3) is 0.0833. The Morgan fingerprint density at radius 3 is 2.43 bits per heavy atom. The van der Waals surface area contributed by atoms with Crippen molar-refractivity contribution < 1.29 is 15.0 Å². The third-order valence-corrected chi connectivity index (χ3v) is 5.35. The zero-order chi connectivity index (χ0) is 20.7. The molecule has 0 aliphatic carbocycles. The van der Waals surface area contributed by atoms with Crippen molar-refractivity contribution in [2.75, 3.05) is 0 Å². The molecular formula is C24H19N3O3. The molecule has 0 amide bonds. The monoisotopic (exact) mass is 397 g/mol. The summed E-state index contributed by atoms with van der Waals surface area (Å²) in [5.74, 6) is -0.594. The summed E-state index contributed by atoms with van der Waals surface area (Å²) in [4.78, 5) is 15.1. The van der Waals surface area contributed by atoms with Crippen LogP contribution in [-0.4, -0.2) is 30.3 Å². The number of carboxylic acids is 1. The summed E-state index contributed by atoms with van der Waals surface area (Å²) < 4.78 is 4.11. The molecule has 30 heavy (non-hydrogen) atoms. The predicted molar refractivity (Wildman–Crippen MR) is 116 cm³/mol. The summed E-state index contributed by atoms with van der Waals surface area (Å²) in [7, 11) is 0. The first-order valence-corrected chi connectivity index (χ1v) is 9.67. The van der Waals surface area contributed by atoms with Crippen LogP contribution in [0.2, 0.25) is 0 Å². The number of carbonyl (C=O) groups is 1. The number of hydrogen-bond donors (Lipinski definition) is 2. The Balaban J connectivity index is 1.76. The van der Waals surface area contributed by atoms with E-state index in [-0.39, 0.29) is 12.2 Å². The number of benzene rings is 3. The molecular weight excluding hydrogens is 378 g/mol. The average Bonchev–Trinajstić information content (AvgIpc) is 3.39. The minimum atomic E-state index is -0.806. The Morgan fingerprint density at radius 1 is 0.900 bits per heavy atom. The van der Waals surface area contributed by atoms with E-state index >= 15 is 0 Å². The van der Waals surface area contributed by atoms with Crippen molar-refractivity contribution in [3.05, 3.63) is 84.9 Å². The topological polar surface area (TPSA) is 80.3 Å². The van der Waals surface area contributed by atoms with Crippen molar-refractivity contribution in [3.8, 4) is 17.1 Å². The number of hydrogen-bond acceptors (Lipinski definition) is 3. The number of aromatic hydroxyl groups is 1. The molecule has 3 aromatic carbocycles. The lowest BCUT2D eigenvalue weighted by Crippen LogP contribution is -1.98. The van der Waals surface area contributed by atoms with Gasteiger partial charge in [0.15, 0.2) is 0 Å². The fourth-order valence-electron chi connectivity index (χ4n) is 3.91. The number of fused-ring (bicyclic) bond motifs is 3. The molecule has 0 spiro atoms. The molecule has 0 bridgehead atoms. The molecule has 0 aliphatic rings. The summed E-state index contributed by atoms with van der Waals surface area (Å²) in [6.07, 6.45) is 5.99. The number of imidazole rings is 1. The maximum Gasteiger partial charge on any atom is 0.303 e. The molecule has 148 valence electrons. The molecule has 0 unspecified atom stereocenters. The average molecular weight is 397 g/mol. The van der Waals surface area contributed by atoms with E-state index < -0.39 is 5.97 Å². The zero-order valence-electron chi connectivity index (χ0n) is 16.1. The van der Waals surface area contributed by atoms with Gasteiger partial charge >= 0.3 is 5.97 Å². The van der Waals surface area contributed by atoms with Gasteiger partial charge in [0.2, 0.25) is 0 Å². The smallest absolute Gasteiger partial charge is 0.303 e. The van der Waals surface area contributed by atoms with E-state index in [0.717, 1.165) is 38.7 Å². The van der Waals surface area contributed by atoms with Crippen LogP contribution in [0.5, 0.6) is 5.75 Å². The second-order valence-electron chi connectivity index (χ2n) is 7.27. The van der Waals surface area contributed by atoms with Gasteiger partial charge in [-0.05, 0) is 60.5 Å². The van der Waals surface area contributed by atoms with E-state index in [0.29, 0.717) is 6.42 Å². The number of nitrogens with zero attached hydrogens (tertiary/aromatic N) is 3. The number of phenols is 1. The molecule has 5 aromatic rings. The van der Waals surface area contributed by atoms with Crippen LogP contribution in [-0.2, 0) is 11.2 Å². The molecule has 0 aliphatic heterocycles. The van der Waals surface area contributed by atoms with Crippen molar-refractivity contribution in [3.63, 3.8) is 0 Å². The quantitative estimate of drug-likeness (QED) is 0.451. The van der Waals surface area contributed by atoms with E-state index in [1.165, 1.54) is 0 Å². The van der Waals surface area contributed by atoms with Gasteiger partial charge in [0.1, 0.15) is 5.75 Å². The highest BCUT2D eigenvalue weighted by atomic mass is 16.4. The minimum Gasteiger partial charge on any atom is -0.508 e. The highest BCUT2D eigenvalue weighted by Gasteiger charge is 2.14. The van der Waals surface area contributed by atoms with E-state index in [2.05, 4.69) is 33.8 Å².